The molecule has 23 heavy (non-hydrogen) atoms. The van der Waals surface area contributed by atoms with Crippen molar-refractivity contribution in [3.63, 3.8) is 0 Å². The van der Waals surface area contributed by atoms with E-state index in [4.69, 9.17) is 0 Å². The van der Waals surface area contributed by atoms with Gasteiger partial charge in [-0.15, -0.1) is 0 Å². The fraction of sp³-hybridized carbons (Fsp3) is 0.111. The van der Waals surface area contributed by atoms with Gasteiger partial charge in [-0.2, -0.15) is 5.10 Å². The van der Waals surface area contributed by atoms with Gasteiger partial charge in [-0.3, -0.25) is 0 Å². The van der Waals surface area contributed by atoms with E-state index < -0.39 is 5.97 Å². The number of hydrogen-bond donors (Lipinski definition) is 1. The lowest BCUT2D eigenvalue weighted by molar-refractivity contribution is 0.0690. The Morgan fingerprint density at radius 1 is 1.04 bits per heavy atom. The molecule has 1 heterocycles. The van der Waals surface area contributed by atoms with Crippen LogP contribution in [0, 0.1) is 19.7 Å². The molecule has 0 aliphatic carbocycles. The number of carboxylic acids is 1. The Hall–Kier alpha value is -2.95. The number of aromatic nitrogens is 2. The monoisotopic (exact) mass is 310 g/mol. The van der Waals surface area contributed by atoms with E-state index in [1.807, 2.05) is 32.0 Å². The topological polar surface area (TPSA) is 55.1 Å². The lowest BCUT2D eigenvalue weighted by Gasteiger charge is -2.09. The molecule has 0 aliphatic heterocycles. The van der Waals surface area contributed by atoms with Crippen molar-refractivity contribution in [2.45, 2.75) is 13.8 Å². The Bertz CT molecular complexity index is 883. The van der Waals surface area contributed by atoms with Crippen molar-refractivity contribution in [1.29, 1.82) is 0 Å². The van der Waals surface area contributed by atoms with Crippen molar-refractivity contribution in [3.05, 3.63) is 71.2 Å². The molecule has 0 spiro atoms. The Morgan fingerprint density at radius 2 is 1.74 bits per heavy atom. The van der Waals surface area contributed by atoms with Crippen LogP contribution in [0.25, 0.3) is 16.9 Å². The standard InChI is InChI=1S/C18H15FN2O2/c1-11-3-4-13(9-12(11)2)17-10-16(18(22)23)20-21(17)15-7-5-14(19)6-8-15/h3-10H,1-2H3,(H,22,23). The van der Waals surface area contributed by atoms with Gasteiger partial charge < -0.3 is 5.11 Å². The van der Waals surface area contributed by atoms with Crippen LogP contribution < -0.4 is 0 Å². The average Bonchev–Trinajstić information content (AvgIpc) is 2.96. The summed E-state index contributed by atoms with van der Waals surface area (Å²) >= 11 is 0. The third-order valence-electron chi connectivity index (χ3n) is 3.80. The van der Waals surface area contributed by atoms with Gasteiger partial charge >= 0.3 is 5.97 Å². The van der Waals surface area contributed by atoms with Crippen molar-refractivity contribution in [2.24, 2.45) is 0 Å². The quantitative estimate of drug-likeness (QED) is 0.795. The van der Waals surface area contributed by atoms with E-state index in [0.29, 0.717) is 11.4 Å². The lowest BCUT2D eigenvalue weighted by atomic mass is 10.0. The minimum Gasteiger partial charge on any atom is -0.476 e. The second kappa shape index (κ2) is 5.68. The van der Waals surface area contributed by atoms with Crippen molar-refractivity contribution in [2.75, 3.05) is 0 Å². The van der Waals surface area contributed by atoms with E-state index in [2.05, 4.69) is 5.10 Å². The van der Waals surface area contributed by atoms with E-state index in [1.165, 1.54) is 22.9 Å². The summed E-state index contributed by atoms with van der Waals surface area (Å²) in [6, 6.07) is 13.2. The third-order valence-corrected chi connectivity index (χ3v) is 3.80. The maximum atomic E-state index is 13.1. The van der Waals surface area contributed by atoms with Gasteiger partial charge in [0.25, 0.3) is 0 Å². The zero-order chi connectivity index (χ0) is 16.6. The third kappa shape index (κ3) is 2.85. The van der Waals surface area contributed by atoms with Crippen LogP contribution in [0.5, 0.6) is 0 Å². The smallest absolute Gasteiger partial charge is 0.356 e. The molecular weight excluding hydrogens is 295 g/mol. The highest BCUT2D eigenvalue weighted by molar-refractivity contribution is 5.87. The summed E-state index contributed by atoms with van der Waals surface area (Å²) in [5, 5.41) is 13.4. The molecular formula is C18H15FN2O2. The molecule has 0 aliphatic rings. The molecule has 0 bridgehead atoms. The van der Waals surface area contributed by atoms with Gasteiger partial charge in [0.1, 0.15) is 5.82 Å². The molecule has 0 saturated carbocycles. The molecule has 0 saturated heterocycles. The summed E-state index contributed by atoms with van der Waals surface area (Å²) in [5.41, 5.74) is 4.32. The highest BCUT2D eigenvalue weighted by Gasteiger charge is 2.16. The summed E-state index contributed by atoms with van der Waals surface area (Å²) < 4.78 is 14.7. The highest BCUT2D eigenvalue weighted by atomic mass is 19.1. The maximum Gasteiger partial charge on any atom is 0.356 e. The average molecular weight is 310 g/mol. The van der Waals surface area contributed by atoms with Crippen LogP contribution in [-0.4, -0.2) is 20.9 Å². The van der Waals surface area contributed by atoms with Crippen molar-refractivity contribution in [1.82, 2.24) is 9.78 Å². The largest absolute Gasteiger partial charge is 0.476 e. The molecule has 0 fully saturated rings. The van der Waals surface area contributed by atoms with Crippen LogP contribution in [0.1, 0.15) is 21.6 Å². The van der Waals surface area contributed by atoms with Crippen LogP contribution in [0.2, 0.25) is 0 Å². The number of benzene rings is 2. The van der Waals surface area contributed by atoms with Crippen LogP contribution in [0.4, 0.5) is 4.39 Å². The molecule has 3 aromatic rings. The summed E-state index contributed by atoms with van der Waals surface area (Å²) in [5.74, 6) is -1.46. The predicted octanol–water partition coefficient (Wildman–Crippen LogP) is 3.99. The molecule has 4 nitrogen and oxygen atoms in total. The van der Waals surface area contributed by atoms with E-state index in [9.17, 15) is 14.3 Å². The van der Waals surface area contributed by atoms with E-state index in [0.717, 1.165) is 16.7 Å². The van der Waals surface area contributed by atoms with Crippen LogP contribution in [0.3, 0.4) is 0 Å². The van der Waals surface area contributed by atoms with Crippen molar-refractivity contribution >= 4 is 5.97 Å². The van der Waals surface area contributed by atoms with Gasteiger partial charge in [-0.1, -0.05) is 12.1 Å². The first-order chi connectivity index (χ1) is 11.0. The molecule has 116 valence electrons. The normalized spacial score (nSPS) is 10.7. The number of aryl methyl sites for hydroxylation is 2. The number of carboxylic acid groups (broad SMARTS) is 1. The van der Waals surface area contributed by atoms with E-state index in [1.54, 1.807) is 12.1 Å². The Morgan fingerprint density at radius 3 is 2.35 bits per heavy atom. The van der Waals surface area contributed by atoms with Gasteiger partial charge in [-0.05, 0) is 61.4 Å². The van der Waals surface area contributed by atoms with Gasteiger partial charge in [0.05, 0.1) is 11.4 Å². The number of carbonyl (C=O) groups is 1. The SMILES string of the molecule is Cc1ccc(-c2cc(C(=O)O)nn2-c2ccc(F)cc2)cc1C. The Balaban J connectivity index is 2.20. The van der Waals surface area contributed by atoms with Crippen molar-refractivity contribution < 1.29 is 14.3 Å². The van der Waals surface area contributed by atoms with Crippen molar-refractivity contribution in [3.8, 4) is 16.9 Å². The van der Waals surface area contributed by atoms with Crippen LogP contribution in [0.15, 0.2) is 48.5 Å². The first-order valence-corrected chi connectivity index (χ1v) is 7.12. The second-order valence-corrected chi connectivity index (χ2v) is 5.41. The summed E-state index contributed by atoms with van der Waals surface area (Å²) in [6.45, 7) is 4.01. The minimum absolute atomic E-state index is 0.0532. The summed E-state index contributed by atoms with van der Waals surface area (Å²) in [7, 11) is 0. The molecule has 1 N–H and O–H groups in total. The van der Waals surface area contributed by atoms with Gasteiger partial charge in [-0.25, -0.2) is 13.9 Å². The van der Waals surface area contributed by atoms with Crippen LogP contribution >= 0.6 is 0 Å². The molecule has 0 unspecified atom stereocenters. The number of halogens is 1. The zero-order valence-corrected chi connectivity index (χ0v) is 12.7. The minimum atomic E-state index is -1.10. The predicted molar refractivity (Wildman–Crippen MR) is 85.4 cm³/mol. The van der Waals surface area contributed by atoms with E-state index >= 15 is 0 Å². The first-order valence-electron chi connectivity index (χ1n) is 7.12. The summed E-state index contributed by atoms with van der Waals surface area (Å²) in [4.78, 5) is 11.3. The number of aromatic carboxylic acids is 1. The zero-order valence-electron chi connectivity index (χ0n) is 12.7. The molecule has 2 aromatic carbocycles. The lowest BCUT2D eigenvalue weighted by Crippen LogP contribution is -2.02. The highest BCUT2D eigenvalue weighted by Crippen LogP contribution is 2.26. The molecule has 0 amide bonds. The number of hydrogen-bond acceptors (Lipinski definition) is 2. The Labute approximate surface area is 132 Å². The molecule has 0 radical (unpaired) electrons. The fourth-order valence-corrected chi connectivity index (χ4v) is 2.37. The van der Waals surface area contributed by atoms with Gasteiger partial charge in [0.15, 0.2) is 5.69 Å². The van der Waals surface area contributed by atoms with Crippen LogP contribution in [-0.2, 0) is 0 Å². The Kier molecular flexibility index (Phi) is 3.70. The fourth-order valence-electron chi connectivity index (χ4n) is 2.37. The van der Waals surface area contributed by atoms with Gasteiger partial charge in [0, 0.05) is 5.56 Å². The van der Waals surface area contributed by atoms with E-state index in [-0.39, 0.29) is 11.5 Å². The molecule has 1 aromatic heterocycles. The molecule has 0 atom stereocenters. The van der Waals surface area contributed by atoms with Gasteiger partial charge in [0.2, 0.25) is 0 Å². The number of nitrogens with zero attached hydrogens (tertiary/aromatic N) is 2. The summed E-state index contributed by atoms with van der Waals surface area (Å²) in [6.07, 6.45) is 0. The number of rotatable bonds is 3. The second-order valence-electron chi connectivity index (χ2n) is 5.41. The molecule has 5 heteroatoms. The first kappa shape index (κ1) is 15.0. The molecule has 3 rings (SSSR count). The maximum absolute atomic E-state index is 13.1.